The molecule has 0 aromatic carbocycles. The first-order valence-electron chi connectivity index (χ1n) is 8.70. The van der Waals surface area contributed by atoms with Crippen molar-refractivity contribution in [1.82, 2.24) is 4.90 Å². The van der Waals surface area contributed by atoms with E-state index >= 15 is 0 Å². The van der Waals surface area contributed by atoms with Gasteiger partial charge < -0.3 is 10.0 Å². The molecule has 0 spiro atoms. The zero-order valence-electron chi connectivity index (χ0n) is 13.1. The molecule has 1 fully saturated rings. The molecule has 0 amide bonds. The predicted molar refractivity (Wildman–Crippen MR) is 83.5 cm³/mol. The van der Waals surface area contributed by atoms with Crippen LogP contribution in [-0.4, -0.2) is 36.2 Å². The van der Waals surface area contributed by atoms with E-state index in [1.807, 2.05) is 0 Å². The molecular formula is C17H35NO. The first kappa shape index (κ1) is 17.0. The Bertz CT molecular complexity index is 188. The highest BCUT2D eigenvalue weighted by Crippen LogP contribution is 2.23. The highest BCUT2D eigenvalue weighted by atomic mass is 16.3. The molecule has 1 rings (SSSR count). The molecule has 0 aromatic heterocycles. The molecule has 0 aliphatic carbocycles. The van der Waals surface area contributed by atoms with Crippen molar-refractivity contribution in [2.45, 2.75) is 77.6 Å². The van der Waals surface area contributed by atoms with Gasteiger partial charge in [0.05, 0.1) is 0 Å². The van der Waals surface area contributed by atoms with E-state index in [4.69, 9.17) is 5.11 Å². The molecule has 19 heavy (non-hydrogen) atoms. The normalized spacial score (nSPS) is 18.0. The molecule has 1 heterocycles. The lowest BCUT2D eigenvalue weighted by Gasteiger charge is -2.31. The first-order chi connectivity index (χ1) is 9.36. The summed E-state index contributed by atoms with van der Waals surface area (Å²) in [6.45, 7) is 6.26. The van der Waals surface area contributed by atoms with E-state index in [1.165, 1.54) is 77.3 Å². The molecule has 0 saturated carbocycles. The molecular weight excluding hydrogens is 234 g/mol. The van der Waals surface area contributed by atoms with E-state index < -0.39 is 0 Å². The van der Waals surface area contributed by atoms with E-state index in [1.54, 1.807) is 0 Å². The van der Waals surface area contributed by atoms with Crippen LogP contribution in [0.3, 0.4) is 0 Å². The smallest absolute Gasteiger partial charge is 0.0443 e. The standard InChI is InChI=1S/C17H35NO/c1-2-3-4-5-6-7-8-10-17-11-14-18(15-12-17)13-9-16-19/h17,19H,2-16H2,1H3. The van der Waals surface area contributed by atoms with Crippen LogP contribution in [0.15, 0.2) is 0 Å². The summed E-state index contributed by atoms with van der Waals surface area (Å²) in [5.41, 5.74) is 0. The predicted octanol–water partition coefficient (Wildman–Crippen LogP) is 4.22. The summed E-state index contributed by atoms with van der Waals surface area (Å²) in [5.74, 6) is 0.987. The number of aliphatic hydroxyl groups is 1. The molecule has 1 N–H and O–H groups in total. The van der Waals surface area contributed by atoms with Crippen LogP contribution in [0, 0.1) is 5.92 Å². The average Bonchev–Trinajstić information content (AvgIpc) is 2.45. The molecule has 1 aliphatic heterocycles. The van der Waals surface area contributed by atoms with Crippen molar-refractivity contribution in [1.29, 1.82) is 0 Å². The molecule has 2 heteroatoms. The quantitative estimate of drug-likeness (QED) is 0.568. The first-order valence-corrected chi connectivity index (χ1v) is 8.70. The van der Waals surface area contributed by atoms with Crippen molar-refractivity contribution in [2.24, 2.45) is 5.92 Å². The number of unbranched alkanes of at least 4 members (excludes halogenated alkanes) is 6. The summed E-state index contributed by atoms with van der Waals surface area (Å²) in [6.07, 6.45) is 15.2. The van der Waals surface area contributed by atoms with Crippen LogP contribution in [0.1, 0.15) is 77.6 Å². The van der Waals surface area contributed by atoms with E-state index in [0.717, 1.165) is 18.9 Å². The third-order valence-corrected chi connectivity index (χ3v) is 4.56. The Kier molecular flexibility index (Phi) is 10.5. The number of rotatable bonds is 11. The molecule has 0 unspecified atom stereocenters. The van der Waals surface area contributed by atoms with E-state index in [0.29, 0.717) is 6.61 Å². The fraction of sp³-hybridized carbons (Fsp3) is 1.00. The fourth-order valence-electron chi connectivity index (χ4n) is 3.18. The minimum atomic E-state index is 0.345. The van der Waals surface area contributed by atoms with E-state index in [-0.39, 0.29) is 0 Å². The number of hydrogen-bond donors (Lipinski definition) is 1. The molecule has 0 atom stereocenters. The summed E-state index contributed by atoms with van der Waals surface area (Å²) in [6, 6.07) is 0. The summed E-state index contributed by atoms with van der Waals surface area (Å²) < 4.78 is 0. The van der Waals surface area contributed by atoms with Crippen LogP contribution in [0.4, 0.5) is 0 Å². The molecule has 2 nitrogen and oxygen atoms in total. The Morgan fingerprint density at radius 2 is 1.53 bits per heavy atom. The maximum atomic E-state index is 8.84. The van der Waals surface area contributed by atoms with Crippen molar-refractivity contribution >= 4 is 0 Å². The van der Waals surface area contributed by atoms with Gasteiger partial charge in [-0.25, -0.2) is 0 Å². The van der Waals surface area contributed by atoms with Gasteiger partial charge in [0, 0.05) is 13.2 Å². The van der Waals surface area contributed by atoms with Crippen molar-refractivity contribution in [3.8, 4) is 0 Å². The Balaban J connectivity index is 1.89. The summed E-state index contributed by atoms with van der Waals surface area (Å²) in [4.78, 5) is 2.53. The monoisotopic (exact) mass is 269 g/mol. The van der Waals surface area contributed by atoms with Gasteiger partial charge in [-0.3, -0.25) is 0 Å². The van der Waals surface area contributed by atoms with Gasteiger partial charge in [0.2, 0.25) is 0 Å². The SMILES string of the molecule is CCCCCCCCCC1CCN(CCCO)CC1. The lowest BCUT2D eigenvalue weighted by atomic mass is 9.91. The molecule has 1 aliphatic rings. The third kappa shape index (κ3) is 8.65. The Morgan fingerprint density at radius 1 is 0.895 bits per heavy atom. The van der Waals surface area contributed by atoms with Crippen molar-refractivity contribution in [3.05, 3.63) is 0 Å². The number of likely N-dealkylation sites (tertiary alicyclic amines) is 1. The summed E-state index contributed by atoms with van der Waals surface area (Å²) >= 11 is 0. The molecule has 0 radical (unpaired) electrons. The van der Waals surface area contributed by atoms with Crippen LogP contribution in [0.5, 0.6) is 0 Å². The number of hydrogen-bond acceptors (Lipinski definition) is 2. The van der Waals surface area contributed by atoms with Gasteiger partial charge in [0.15, 0.2) is 0 Å². The lowest BCUT2D eigenvalue weighted by Crippen LogP contribution is -2.34. The van der Waals surface area contributed by atoms with E-state index in [2.05, 4.69) is 11.8 Å². The van der Waals surface area contributed by atoms with Crippen LogP contribution in [-0.2, 0) is 0 Å². The number of nitrogens with zero attached hydrogens (tertiary/aromatic N) is 1. The van der Waals surface area contributed by atoms with Crippen molar-refractivity contribution < 1.29 is 5.11 Å². The minimum absolute atomic E-state index is 0.345. The second kappa shape index (κ2) is 11.7. The van der Waals surface area contributed by atoms with Gasteiger partial charge in [-0.2, -0.15) is 0 Å². The highest BCUT2D eigenvalue weighted by molar-refractivity contribution is 4.72. The summed E-state index contributed by atoms with van der Waals surface area (Å²) in [7, 11) is 0. The van der Waals surface area contributed by atoms with E-state index in [9.17, 15) is 0 Å². The van der Waals surface area contributed by atoms with Crippen LogP contribution in [0.25, 0.3) is 0 Å². The topological polar surface area (TPSA) is 23.5 Å². The molecule has 114 valence electrons. The second-order valence-corrected chi connectivity index (χ2v) is 6.27. The Hall–Kier alpha value is -0.0800. The van der Waals surface area contributed by atoms with Crippen LogP contribution >= 0.6 is 0 Å². The number of piperidine rings is 1. The average molecular weight is 269 g/mol. The maximum Gasteiger partial charge on any atom is 0.0443 e. The zero-order valence-corrected chi connectivity index (χ0v) is 13.1. The van der Waals surface area contributed by atoms with Gasteiger partial charge in [-0.1, -0.05) is 58.3 Å². The minimum Gasteiger partial charge on any atom is -0.396 e. The lowest BCUT2D eigenvalue weighted by molar-refractivity contribution is 0.162. The van der Waals surface area contributed by atoms with Gasteiger partial charge in [-0.15, -0.1) is 0 Å². The zero-order chi connectivity index (χ0) is 13.8. The fourth-order valence-corrected chi connectivity index (χ4v) is 3.18. The number of aliphatic hydroxyl groups excluding tert-OH is 1. The van der Waals surface area contributed by atoms with Crippen LogP contribution in [0.2, 0.25) is 0 Å². The van der Waals surface area contributed by atoms with Gasteiger partial charge in [0.25, 0.3) is 0 Å². The molecule has 0 bridgehead atoms. The highest BCUT2D eigenvalue weighted by Gasteiger charge is 2.17. The largest absolute Gasteiger partial charge is 0.396 e. The second-order valence-electron chi connectivity index (χ2n) is 6.27. The Morgan fingerprint density at radius 3 is 2.16 bits per heavy atom. The van der Waals surface area contributed by atoms with Gasteiger partial charge in [-0.05, 0) is 38.3 Å². The maximum absolute atomic E-state index is 8.84. The third-order valence-electron chi connectivity index (χ3n) is 4.56. The molecule has 1 saturated heterocycles. The molecule has 0 aromatic rings. The van der Waals surface area contributed by atoms with Crippen molar-refractivity contribution in [3.63, 3.8) is 0 Å². The van der Waals surface area contributed by atoms with Gasteiger partial charge >= 0.3 is 0 Å². The van der Waals surface area contributed by atoms with Crippen molar-refractivity contribution in [2.75, 3.05) is 26.2 Å². The van der Waals surface area contributed by atoms with Crippen LogP contribution < -0.4 is 0 Å². The van der Waals surface area contributed by atoms with Gasteiger partial charge in [0.1, 0.15) is 0 Å². The Labute approximate surface area is 120 Å². The summed E-state index contributed by atoms with van der Waals surface area (Å²) in [5, 5.41) is 8.84.